The Morgan fingerprint density at radius 1 is 1.31 bits per heavy atom. The number of benzene rings is 1. The van der Waals surface area contributed by atoms with Crippen molar-refractivity contribution in [3.8, 4) is 0 Å². The number of carbonyl (C=O) groups excluding carboxylic acids is 1. The molecule has 82 valence electrons. The lowest BCUT2D eigenvalue weighted by Crippen LogP contribution is -1.93. The van der Waals surface area contributed by atoms with Crippen molar-refractivity contribution in [1.29, 1.82) is 0 Å². The first kappa shape index (κ1) is 10.7. The highest BCUT2D eigenvalue weighted by Crippen LogP contribution is 2.18. The maximum Gasteiger partial charge on any atom is 0.187 e. The zero-order valence-electron chi connectivity index (χ0n) is 9.53. The van der Waals surface area contributed by atoms with E-state index in [1.165, 1.54) is 0 Å². The van der Waals surface area contributed by atoms with Crippen LogP contribution in [0, 0.1) is 5.92 Å². The first-order chi connectivity index (χ1) is 7.68. The van der Waals surface area contributed by atoms with Gasteiger partial charge in [-0.15, -0.1) is 0 Å². The van der Waals surface area contributed by atoms with Crippen LogP contribution in [0.4, 0.5) is 0 Å². The number of fused-ring (bicyclic) bond motifs is 1. The molecule has 0 unspecified atom stereocenters. The molecule has 1 aromatic heterocycles. The first-order valence-electron chi connectivity index (χ1n) is 5.47. The quantitative estimate of drug-likeness (QED) is 0.613. The number of hydrogen-bond donors (Lipinski definition) is 1. The maximum absolute atomic E-state index is 11.9. The van der Waals surface area contributed by atoms with Crippen LogP contribution in [0.15, 0.2) is 42.6 Å². The van der Waals surface area contributed by atoms with Gasteiger partial charge in [0.2, 0.25) is 0 Å². The average Bonchev–Trinajstić information content (AvgIpc) is 2.69. The second-order valence-corrected chi connectivity index (χ2v) is 4.22. The molecule has 0 radical (unpaired) electrons. The molecule has 1 aromatic carbocycles. The summed E-state index contributed by atoms with van der Waals surface area (Å²) in [7, 11) is 0. The Labute approximate surface area is 95.0 Å². The van der Waals surface area contributed by atoms with Crippen LogP contribution in [0.5, 0.6) is 0 Å². The van der Waals surface area contributed by atoms with Crippen molar-refractivity contribution in [2.45, 2.75) is 13.8 Å². The van der Waals surface area contributed by atoms with Gasteiger partial charge in [0.25, 0.3) is 0 Å². The van der Waals surface area contributed by atoms with Crippen LogP contribution < -0.4 is 0 Å². The van der Waals surface area contributed by atoms with Crippen molar-refractivity contribution in [2.75, 3.05) is 0 Å². The molecule has 0 bridgehead atoms. The third-order valence-electron chi connectivity index (χ3n) is 2.49. The molecule has 0 saturated heterocycles. The van der Waals surface area contributed by atoms with Gasteiger partial charge in [0.1, 0.15) is 0 Å². The molecule has 2 heteroatoms. The van der Waals surface area contributed by atoms with E-state index < -0.39 is 0 Å². The molecule has 1 N–H and O–H groups in total. The lowest BCUT2D eigenvalue weighted by atomic mass is 10.1. The largest absolute Gasteiger partial charge is 0.360 e. The summed E-state index contributed by atoms with van der Waals surface area (Å²) in [5.74, 6) is 0.459. The summed E-state index contributed by atoms with van der Waals surface area (Å²) < 4.78 is 0. The van der Waals surface area contributed by atoms with Gasteiger partial charge in [-0.2, -0.15) is 0 Å². The van der Waals surface area contributed by atoms with Crippen molar-refractivity contribution in [1.82, 2.24) is 4.98 Å². The zero-order valence-corrected chi connectivity index (χ0v) is 9.53. The number of H-pyrrole nitrogens is 1. The van der Waals surface area contributed by atoms with Gasteiger partial charge in [0.15, 0.2) is 5.78 Å². The Bertz CT molecular complexity index is 534. The molecule has 16 heavy (non-hydrogen) atoms. The molecular weight excluding hydrogens is 198 g/mol. The van der Waals surface area contributed by atoms with Gasteiger partial charge in [-0.1, -0.05) is 38.1 Å². The standard InChI is InChI=1S/C14H15NO/c1-10(2)7-8-14(16)12-9-15-13-6-4-3-5-11(12)13/h3-10,15H,1-2H3/b8-7+. The van der Waals surface area contributed by atoms with Crippen molar-refractivity contribution < 1.29 is 4.79 Å². The van der Waals surface area contributed by atoms with Crippen LogP contribution in [0.25, 0.3) is 10.9 Å². The fraction of sp³-hybridized carbons (Fsp3) is 0.214. The van der Waals surface area contributed by atoms with Crippen molar-refractivity contribution >= 4 is 16.7 Å². The van der Waals surface area contributed by atoms with Crippen molar-refractivity contribution in [3.05, 3.63) is 48.2 Å². The number of carbonyl (C=O) groups is 1. The van der Waals surface area contributed by atoms with Crippen LogP contribution in [-0.4, -0.2) is 10.8 Å². The Kier molecular flexibility index (Phi) is 2.91. The molecule has 2 nitrogen and oxygen atoms in total. The van der Waals surface area contributed by atoms with Gasteiger partial charge in [-0.3, -0.25) is 4.79 Å². The number of nitrogens with one attached hydrogen (secondary N) is 1. The second-order valence-electron chi connectivity index (χ2n) is 4.22. The highest BCUT2D eigenvalue weighted by atomic mass is 16.1. The highest BCUT2D eigenvalue weighted by Gasteiger charge is 2.08. The smallest absolute Gasteiger partial charge is 0.187 e. The normalized spacial score (nSPS) is 11.7. The summed E-state index contributed by atoms with van der Waals surface area (Å²) in [4.78, 5) is 15.0. The molecule has 2 aromatic rings. The summed E-state index contributed by atoms with van der Waals surface area (Å²) >= 11 is 0. The van der Waals surface area contributed by atoms with E-state index in [1.807, 2.05) is 30.3 Å². The van der Waals surface area contributed by atoms with Crippen LogP contribution in [-0.2, 0) is 0 Å². The number of aromatic amines is 1. The zero-order chi connectivity index (χ0) is 11.5. The highest BCUT2D eigenvalue weighted by molar-refractivity contribution is 6.13. The minimum atomic E-state index is 0.0613. The molecule has 0 amide bonds. The van der Waals surface area contributed by atoms with E-state index in [4.69, 9.17) is 0 Å². The fourth-order valence-corrected chi connectivity index (χ4v) is 1.65. The summed E-state index contributed by atoms with van der Waals surface area (Å²) in [6, 6.07) is 7.83. The lowest BCUT2D eigenvalue weighted by Gasteiger charge is -1.95. The Balaban J connectivity index is 2.37. The molecule has 0 aliphatic carbocycles. The summed E-state index contributed by atoms with van der Waals surface area (Å²) in [5.41, 5.74) is 1.75. The molecule has 0 saturated carbocycles. The fourth-order valence-electron chi connectivity index (χ4n) is 1.65. The predicted molar refractivity (Wildman–Crippen MR) is 66.6 cm³/mol. The van der Waals surface area contributed by atoms with Gasteiger partial charge in [-0.25, -0.2) is 0 Å². The minimum Gasteiger partial charge on any atom is -0.360 e. The van der Waals surface area contributed by atoms with Crippen molar-refractivity contribution in [3.63, 3.8) is 0 Å². The summed E-state index contributed by atoms with van der Waals surface area (Å²) in [5, 5.41) is 0.987. The number of rotatable bonds is 3. The monoisotopic (exact) mass is 213 g/mol. The van der Waals surface area contributed by atoms with E-state index in [2.05, 4.69) is 18.8 Å². The number of hydrogen-bond acceptors (Lipinski definition) is 1. The van der Waals surface area contributed by atoms with E-state index in [9.17, 15) is 4.79 Å². The third kappa shape index (κ3) is 2.06. The molecule has 1 heterocycles. The molecule has 0 fully saturated rings. The molecule has 2 rings (SSSR count). The molecule has 0 spiro atoms. The lowest BCUT2D eigenvalue weighted by molar-refractivity contribution is 0.104. The van der Waals surface area contributed by atoms with E-state index >= 15 is 0 Å². The van der Waals surface area contributed by atoms with Gasteiger partial charge in [0, 0.05) is 22.7 Å². The average molecular weight is 213 g/mol. The SMILES string of the molecule is CC(C)/C=C/C(=O)c1c[nH]c2ccccc12. The Hall–Kier alpha value is -1.83. The van der Waals surface area contributed by atoms with E-state index in [-0.39, 0.29) is 5.78 Å². The second kappa shape index (κ2) is 4.35. The van der Waals surface area contributed by atoms with E-state index in [0.717, 1.165) is 16.5 Å². The summed E-state index contributed by atoms with van der Waals surface area (Å²) in [6.07, 6.45) is 5.35. The van der Waals surface area contributed by atoms with Gasteiger partial charge in [-0.05, 0) is 18.1 Å². The van der Waals surface area contributed by atoms with Crippen LogP contribution in [0.2, 0.25) is 0 Å². The van der Waals surface area contributed by atoms with Gasteiger partial charge < -0.3 is 4.98 Å². The van der Waals surface area contributed by atoms with Crippen LogP contribution >= 0.6 is 0 Å². The number of aromatic nitrogens is 1. The Morgan fingerprint density at radius 3 is 2.81 bits per heavy atom. The first-order valence-corrected chi connectivity index (χ1v) is 5.47. The molecule has 0 aliphatic heterocycles. The van der Waals surface area contributed by atoms with Crippen molar-refractivity contribution in [2.24, 2.45) is 5.92 Å². The van der Waals surface area contributed by atoms with E-state index in [1.54, 1.807) is 12.3 Å². The van der Waals surface area contributed by atoms with E-state index in [0.29, 0.717) is 5.92 Å². The topological polar surface area (TPSA) is 32.9 Å². The molecule has 0 aliphatic rings. The van der Waals surface area contributed by atoms with Gasteiger partial charge >= 0.3 is 0 Å². The molecule has 0 atom stereocenters. The molecular formula is C14H15NO. The number of para-hydroxylation sites is 1. The Morgan fingerprint density at radius 2 is 2.06 bits per heavy atom. The summed E-state index contributed by atoms with van der Waals surface area (Å²) in [6.45, 7) is 4.11. The maximum atomic E-state index is 11.9. The third-order valence-corrected chi connectivity index (χ3v) is 2.49. The van der Waals surface area contributed by atoms with Crippen LogP contribution in [0.1, 0.15) is 24.2 Å². The number of ketones is 1. The van der Waals surface area contributed by atoms with Crippen LogP contribution in [0.3, 0.4) is 0 Å². The predicted octanol–water partition coefficient (Wildman–Crippen LogP) is 3.56. The number of allylic oxidation sites excluding steroid dienone is 2. The van der Waals surface area contributed by atoms with Gasteiger partial charge in [0.05, 0.1) is 0 Å². The minimum absolute atomic E-state index is 0.0613.